The fourth-order valence-electron chi connectivity index (χ4n) is 2.89. The number of ether oxygens (including phenoxy) is 2. The molecule has 0 unspecified atom stereocenters. The van der Waals surface area contributed by atoms with Gasteiger partial charge in [-0.2, -0.15) is 18.3 Å². The Morgan fingerprint density at radius 2 is 1.73 bits per heavy atom. The van der Waals surface area contributed by atoms with E-state index >= 15 is 0 Å². The zero-order valence-corrected chi connectivity index (χ0v) is 19.5. The van der Waals surface area contributed by atoms with E-state index in [1.165, 1.54) is 22.9 Å². The summed E-state index contributed by atoms with van der Waals surface area (Å²) in [6.07, 6.45) is -3.31. The van der Waals surface area contributed by atoms with E-state index in [1.807, 2.05) is 6.92 Å². The number of esters is 1. The van der Waals surface area contributed by atoms with E-state index in [-0.39, 0.29) is 28.8 Å². The van der Waals surface area contributed by atoms with Gasteiger partial charge in [-0.25, -0.2) is 9.48 Å². The van der Waals surface area contributed by atoms with Gasteiger partial charge >= 0.3 is 12.1 Å². The highest BCUT2D eigenvalue weighted by Gasteiger charge is 2.33. The van der Waals surface area contributed by atoms with Crippen LogP contribution in [0.1, 0.15) is 30.3 Å². The summed E-state index contributed by atoms with van der Waals surface area (Å²) in [4.78, 5) is 12.8. The van der Waals surface area contributed by atoms with Crippen LogP contribution in [-0.2, 0) is 4.74 Å². The molecule has 0 amide bonds. The number of hydrogen-bond donors (Lipinski definition) is 0. The van der Waals surface area contributed by atoms with Crippen molar-refractivity contribution in [3.05, 3.63) is 63.2 Å². The maximum Gasteiger partial charge on any atom is 0.422 e. The van der Waals surface area contributed by atoms with Crippen LogP contribution in [0.15, 0.2) is 42.5 Å². The molecule has 0 spiro atoms. The monoisotopic (exact) mass is 520 g/mol. The molecule has 33 heavy (non-hydrogen) atoms. The molecule has 0 aliphatic heterocycles. The van der Waals surface area contributed by atoms with Gasteiger partial charge in [0.1, 0.15) is 5.69 Å². The topological polar surface area (TPSA) is 53.3 Å². The maximum atomic E-state index is 13.0. The summed E-state index contributed by atoms with van der Waals surface area (Å²) >= 11 is 18.3. The van der Waals surface area contributed by atoms with Gasteiger partial charge in [0.2, 0.25) is 5.69 Å². The Morgan fingerprint density at radius 1 is 1.06 bits per heavy atom. The molecule has 0 aliphatic carbocycles. The highest BCUT2D eigenvalue weighted by Crippen LogP contribution is 2.39. The van der Waals surface area contributed by atoms with Crippen LogP contribution in [0, 0.1) is 0 Å². The molecule has 2 aromatic carbocycles. The minimum absolute atomic E-state index is 0.0718. The number of nitrogens with zero attached hydrogens (tertiary/aromatic N) is 2. The molecular formula is C22H18Cl3F3N2O3. The number of carbonyl (C=O) groups is 1. The fourth-order valence-corrected chi connectivity index (χ4v) is 3.51. The number of carbonyl (C=O) groups excluding carboxylic acids is 1. The van der Waals surface area contributed by atoms with E-state index in [9.17, 15) is 18.0 Å². The van der Waals surface area contributed by atoms with Crippen molar-refractivity contribution in [2.24, 2.45) is 0 Å². The smallest absolute Gasteiger partial charge is 0.422 e. The second-order valence-corrected chi connectivity index (χ2v) is 8.21. The summed E-state index contributed by atoms with van der Waals surface area (Å²) < 4.78 is 50.6. The molecule has 1 heterocycles. The van der Waals surface area contributed by atoms with E-state index < -0.39 is 24.4 Å². The summed E-state index contributed by atoms with van der Waals surface area (Å²) in [6.45, 7) is 0.351. The van der Waals surface area contributed by atoms with E-state index in [1.54, 1.807) is 24.3 Å². The van der Waals surface area contributed by atoms with Crippen LogP contribution in [-0.4, -0.2) is 35.1 Å². The molecule has 0 bridgehead atoms. The van der Waals surface area contributed by atoms with Crippen molar-refractivity contribution in [1.82, 2.24) is 9.78 Å². The average molecular weight is 522 g/mol. The van der Waals surface area contributed by atoms with Crippen LogP contribution >= 0.6 is 34.8 Å². The lowest BCUT2D eigenvalue weighted by Crippen LogP contribution is -2.20. The number of benzene rings is 2. The Kier molecular flexibility index (Phi) is 8.15. The van der Waals surface area contributed by atoms with Crippen LogP contribution < -0.4 is 4.74 Å². The van der Waals surface area contributed by atoms with Crippen molar-refractivity contribution < 1.29 is 27.4 Å². The maximum absolute atomic E-state index is 13.0. The third-order valence-corrected chi connectivity index (χ3v) is 5.19. The first-order valence-corrected chi connectivity index (χ1v) is 10.9. The predicted molar refractivity (Wildman–Crippen MR) is 121 cm³/mol. The molecule has 5 nitrogen and oxygen atoms in total. The molecular weight excluding hydrogens is 504 g/mol. The van der Waals surface area contributed by atoms with Crippen molar-refractivity contribution in [3.63, 3.8) is 0 Å². The Morgan fingerprint density at radius 3 is 2.33 bits per heavy atom. The van der Waals surface area contributed by atoms with Gasteiger partial charge in [-0.05, 0) is 36.8 Å². The number of aromatic nitrogens is 2. The van der Waals surface area contributed by atoms with E-state index in [0.717, 1.165) is 6.42 Å². The Balaban J connectivity index is 2.23. The van der Waals surface area contributed by atoms with Crippen LogP contribution in [0.2, 0.25) is 15.1 Å². The number of hydrogen-bond acceptors (Lipinski definition) is 4. The predicted octanol–water partition coefficient (Wildman–Crippen LogP) is 7.40. The quantitative estimate of drug-likeness (QED) is 0.229. The van der Waals surface area contributed by atoms with Crippen molar-refractivity contribution in [2.45, 2.75) is 25.9 Å². The van der Waals surface area contributed by atoms with Crippen molar-refractivity contribution in [2.75, 3.05) is 13.2 Å². The molecule has 0 atom stereocenters. The number of rotatable bonds is 8. The van der Waals surface area contributed by atoms with Gasteiger partial charge in [0, 0.05) is 15.6 Å². The Bertz CT molecular complexity index is 1130. The van der Waals surface area contributed by atoms with Gasteiger partial charge in [-0.15, -0.1) is 0 Å². The van der Waals surface area contributed by atoms with Crippen molar-refractivity contribution in [1.29, 1.82) is 0 Å². The lowest BCUT2D eigenvalue weighted by Gasteiger charge is -2.13. The first-order valence-electron chi connectivity index (χ1n) is 9.81. The normalized spacial score (nSPS) is 11.5. The summed E-state index contributed by atoms with van der Waals surface area (Å²) in [5.74, 6) is -1.30. The van der Waals surface area contributed by atoms with Gasteiger partial charge in [-0.3, -0.25) is 0 Å². The second kappa shape index (κ2) is 10.7. The van der Waals surface area contributed by atoms with Crippen molar-refractivity contribution in [3.8, 4) is 22.7 Å². The third-order valence-electron chi connectivity index (χ3n) is 4.40. The van der Waals surface area contributed by atoms with Crippen LogP contribution in [0.3, 0.4) is 0 Å². The standard InChI is InChI=1S/C22H18Cl3F3N2O3/c1-2-3-10-32-21(31)18-20(33-12-22(26,27)28)19(13-4-6-14(23)7-5-13)30(29-18)17-9-8-15(24)11-16(17)25/h4-9,11H,2-3,10,12H2,1H3. The van der Waals surface area contributed by atoms with Gasteiger partial charge in [0.15, 0.2) is 12.4 Å². The Hall–Kier alpha value is -2.42. The number of halogens is 6. The average Bonchev–Trinajstić information content (AvgIpc) is 3.12. The molecule has 0 fully saturated rings. The summed E-state index contributed by atoms with van der Waals surface area (Å²) in [7, 11) is 0. The lowest BCUT2D eigenvalue weighted by molar-refractivity contribution is -0.153. The minimum Gasteiger partial charge on any atom is -0.479 e. The van der Waals surface area contributed by atoms with Crippen LogP contribution in [0.25, 0.3) is 16.9 Å². The number of unbranched alkanes of at least 4 members (excludes halogenated alkanes) is 1. The van der Waals surface area contributed by atoms with Gasteiger partial charge in [0.05, 0.1) is 17.3 Å². The largest absolute Gasteiger partial charge is 0.479 e. The highest BCUT2D eigenvalue weighted by molar-refractivity contribution is 6.35. The second-order valence-electron chi connectivity index (χ2n) is 6.93. The summed E-state index contributed by atoms with van der Waals surface area (Å²) in [5.41, 5.74) is 0.326. The first-order chi connectivity index (χ1) is 15.6. The molecule has 11 heteroatoms. The molecule has 0 N–H and O–H groups in total. The SMILES string of the molecule is CCCCOC(=O)c1nn(-c2ccc(Cl)cc2Cl)c(-c2ccc(Cl)cc2)c1OCC(F)(F)F. The van der Waals surface area contributed by atoms with Crippen molar-refractivity contribution >= 4 is 40.8 Å². The van der Waals surface area contributed by atoms with Crippen LogP contribution in [0.5, 0.6) is 5.75 Å². The molecule has 0 radical (unpaired) electrons. The Labute approximate surface area is 203 Å². The lowest BCUT2D eigenvalue weighted by atomic mass is 10.1. The third kappa shape index (κ3) is 6.34. The number of alkyl halides is 3. The fraction of sp³-hybridized carbons (Fsp3) is 0.273. The molecule has 0 saturated heterocycles. The zero-order chi connectivity index (χ0) is 24.2. The van der Waals surface area contributed by atoms with E-state index in [4.69, 9.17) is 44.3 Å². The molecule has 0 aliphatic rings. The van der Waals surface area contributed by atoms with E-state index in [2.05, 4.69) is 5.10 Å². The molecule has 1 aromatic heterocycles. The molecule has 3 aromatic rings. The highest BCUT2D eigenvalue weighted by atomic mass is 35.5. The van der Waals surface area contributed by atoms with Gasteiger partial charge in [0.25, 0.3) is 0 Å². The zero-order valence-electron chi connectivity index (χ0n) is 17.3. The summed E-state index contributed by atoms with van der Waals surface area (Å²) in [5, 5.41) is 5.15. The molecule has 176 valence electrons. The van der Waals surface area contributed by atoms with Gasteiger partial charge in [-0.1, -0.05) is 60.3 Å². The van der Waals surface area contributed by atoms with Crippen LogP contribution in [0.4, 0.5) is 13.2 Å². The minimum atomic E-state index is -4.65. The molecule has 0 saturated carbocycles. The van der Waals surface area contributed by atoms with E-state index in [0.29, 0.717) is 22.0 Å². The summed E-state index contributed by atoms with van der Waals surface area (Å²) in [6, 6.07) is 10.7. The molecule has 3 rings (SSSR count). The van der Waals surface area contributed by atoms with Gasteiger partial charge < -0.3 is 9.47 Å². The first kappa shape index (κ1) is 25.2.